The molecular weight excluding hydrogens is 328 g/mol. The van der Waals surface area contributed by atoms with E-state index in [1.165, 1.54) is 29.2 Å². The highest BCUT2D eigenvalue weighted by Crippen LogP contribution is 2.30. The van der Waals surface area contributed by atoms with Gasteiger partial charge in [-0.1, -0.05) is 12.1 Å². The number of nitrogens with zero attached hydrogens (tertiary/aromatic N) is 4. The Morgan fingerprint density at radius 3 is 2.38 bits per heavy atom. The van der Waals surface area contributed by atoms with Crippen LogP contribution in [0.4, 0.5) is 0 Å². The van der Waals surface area contributed by atoms with Crippen LogP contribution in [-0.4, -0.2) is 34.5 Å². The monoisotopic (exact) mass is 340 g/mol. The molecule has 1 aromatic carbocycles. The summed E-state index contributed by atoms with van der Waals surface area (Å²) in [6.07, 6.45) is 3.79. The molecule has 0 bridgehead atoms. The molecule has 0 spiro atoms. The number of hydrogen-bond donors (Lipinski definition) is 1. The minimum absolute atomic E-state index is 0.0882. The molecule has 0 amide bonds. The van der Waals surface area contributed by atoms with Crippen molar-refractivity contribution < 1.29 is 13.5 Å². The van der Waals surface area contributed by atoms with Gasteiger partial charge in [-0.2, -0.15) is 15.0 Å². The summed E-state index contributed by atoms with van der Waals surface area (Å²) in [5, 5.41) is 23.3. The molecule has 0 fully saturated rings. The van der Waals surface area contributed by atoms with Gasteiger partial charge in [0.25, 0.3) is 0 Å². The predicted octanol–water partition coefficient (Wildman–Crippen LogP) is 1.92. The van der Waals surface area contributed by atoms with Gasteiger partial charge in [0.15, 0.2) is 15.7 Å². The Morgan fingerprint density at radius 1 is 1.12 bits per heavy atom. The van der Waals surface area contributed by atoms with Gasteiger partial charge in [-0.05, 0) is 29.8 Å². The van der Waals surface area contributed by atoms with Gasteiger partial charge in [0.2, 0.25) is 5.88 Å². The molecule has 0 radical (unpaired) electrons. The fourth-order valence-corrected chi connectivity index (χ4v) is 2.71. The summed E-state index contributed by atoms with van der Waals surface area (Å²) in [4.78, 5) is 4.12. The number of sulfone groups is 1. The first-order chi connectivity index (χ1) is 11.4. The fraction of sp³-hybridized carbons (Fsp3) is 0.0625. The number of benzene rings is 1. The molecule has 3 rings (SSSR count). The average Bonchev–Trinajstić information content (AvgIpc) is 2.96. The van der Waals surface area contributed by atoms with E-state index in [4.69, 9.17) is 5.26 Å². The second kappa shape index (κ2) is 5.79. The lowest BCUT2D eigenvalue weighted by Crippen LogP contribution is -2.02. The van der Waals surface area contributed by atoms with Crippen LogP contribution in [0, 0.1) is 11.3 Å². The van der Waals surface area contributed by atoms with Crippen molar-refractivity contribution in [3.8, 4) is 28.9 Å². The number of hydrogen-bond acceptors (Lipinski definition) is 6. The van der Waals surface area contributed by atoms with Crippen molar-refractivity contribution in [1.29, 1.82) is 5.26 Å². The molecule has 0 aliphatic rings. The maximum absolute atomic E-state index is 11.5. The number of aromatic nitrogens is 3. The minimum Gasteiger partial charge on any atom is -0.493 e. The first kappa shape index (κ1) is 15.7. The van der Waals surface area contributed by atoms with E-state index in [9.17, 15) is 13.5 Å². The van der Waals surface area contributed by atoms with E-state index in [2.05, 4.69) is 10.1 Å². The number of pyridine rings is 1. The van der Waals surface area contributed by atoms with Crippen LogP contribution in [0.5, 0.6) is 5.88 Å². The van der Waals surface area contributed by atoms with Crippen molar-refractivity contribution in [3.63, 3.8) is 0 Å². The molecule has 3 aromatic rings. The zero-order valence-corrected chi connectivity index (χ0v) is 13.4. The van der Waals surface area contributed by atoms with Gasteiger partial charge in [0.05, 0.1) is 28.3 Å². The molecule has 120 valence electrons. The van der Waals surface area contributed by atoms with Gasteiger partial charge in [-0.15, -0.1) is 0 Å². The zero-order chi connectivity index (χ0) is 17.3. The molecule has 0 atom stereocenters. The molecule has 1 N–H and O–H groups in total. The molecule has 2 aromatic heterocycles. The molecule has 0 saturated heterocycles. The molecular formula is C16H12N4O3S. The largest absolute Gasteiger partial charge is 0.493 e. The van der Waals surface area contributed by atoms with Gasteiger partial charge in [0, 0.05) is 12.5 Å². The summed E-state index contributed by atoms with van der Waals surface area (Å²) in [5.74, 6) is 0.166. The normalized spacial score (nSPS) is 11.2. The first-order valence-electron chi connectivity index (χ1n) is 6.84. The summed E-state index contributed by atoms with van der Waals surface area (Å²) in [5.41, 5.74) is 1.70. The van der Waals surface area contributed by atoms with Gasteiger partial charge < -0.3 is 5.11 Å². The second-order valence-electron chi connectivity index (χ2n) is 5.11. The minimum atomic E-state index is -3.34. The average molecular weight is 340 g/mol. The third-order valence-corrected chi connectivity index (χ3v) is 4.53. The van der Waals surface area contributed by atoms with E-state index in [-0.39, 0.29) is 10.8 Å². The Labute approximate surface area is 138 Å². The molecule has 0 aliphatic carbocycles. The molecule has 0 saturated carbocycles. The maximum Gasteiger partial charge on any atom is 0.223 e. The summed E-state index contributed by atoms with van der Waals surface area (Å²) in [7, 11) is -3.34. The summed E-state index contributed by atoms with van der Waals surface area (Å²) in [6.45, 7) is 0. The Bertz CT molecular complexity index is 1030. The molecule has 0 unspecified atom stereocenters. The van der Waals surface area contributed by atoms with E-state index >= 15 is 0 Å². The first-order valence-corrected chi connectivity index (χ1v) is 8.73. The Kier molecular flexibility index (Phi) is 3.79. The zero-order valence-electron chi connectivity index (χ0n) is 12.6. The third-order valence-electron chi connectivity index (χ3n) is 3.43. The van der Waals surface area contributed by atoms with Crippen LogP contribution < -0.4 is 0 Å². The van der Waals surface area contributed by atoms with Crippen LogP contribution in [0.25, 0.3) is 16.9 Å². The lowest BCUT2D eigenvalue weighted by atomic mass is 10.1. The van der Waals surface area contributed by atoms with E-state index < -0.39 is 9.84 Å². The summed E-state index contributed by atoms with van der Waals surface area (Å²) in [6, 6.07) is 11.6. The van der Waals surface area contributed by atoms with E-state index in [0.29, 0.717) is 22.5 Å². The highest BCUT2D eigenvalue weighted by molar-refractivity contribution is 7.90. The smallest absolute Gasteiger partial charge is 0.223 e. The van der Waals surface area contributed by atoms with Crippen LogP contribution in [0.2, 0.25) is 0 Å². The highest BCUT2D eigenvalue weighted by Gasteiger charge is 2.15. The highest BCUT2D eigenvalue weighted by atomic mass is 32.2. The van der Waals surface area contributed by atoms with Crippen molar-refractivity contribution in [2.75, 3.05) is 6.26 Å². The van der Waals surface area contributed by atoms with Crippen molar-refractivity contribution in [3.05, 3.63) is 54.4 Å². The quantitative estimate of drug-likeness (QED) is 0.780. The van der Waals surface area contributed by atoms with Crippen molar-refractivity contribution in [2.45, 2.75) is 4.90 Å². The van der Waals surface area contributed by atoms with E-state index in [1.54, 1.807) is 24.3 Å². The molecule has 8 heteroatoms. The lowest BCUT2D eigenvalue weighted by molar-refractivity contribution is 0.433. The van der Waals surface area contributed by atoms with E-state index in [1.807, 2.05) is 6.07 Å². The molecule has 7 nitrogen and oxygen atoms in total. The lowest BCUT2D eigenvalue weighted by Gasteiger charge is -2.04. The fourth-order valence-electron chi connectivity index (χ4n) is 2.15. The number of nitriles is 1. The maximum atomic E-state index is 11.5. The van der Waals surface area contributed by atoms with Crippen molar-refractivity contribution >= 4 is 9.84 Å². The third kappa shape index (κ3) is 2.85. The SMILES string of the molecule is CS(=O)(=O)c1ccc(-n2ncc(-c3ccc(C#N)cc3)c2O)nc1. The molecule has 24 heavy (non-hydrogen) atoms. The number of aromatic hydroxyl groups is 1. The summed E-state index contributed by atoms with van der Waals surface area (Å²) >= 11 is 0. The van der Waals surface area contributed by atoms with Crippen LogP contribution in [0.3, 0.4) is 0 Å². The summed E-state index contributed by atoms with van der Waals surface area (Å²) < 4.78 is 24.1. The predicted molar refractivity (Wildman–Crippen MR) is 86.3 cm³/mol. The molecule has 0 aliphatic heterocycles. The van der Waals surface area contributed by atoms with Crippen molar-refractivity contribution in [2.24, 2.45) is 0 Å². The van der Waals surface area contributed by atoms with E-state index in [0.717, 1.165) is 6.26 Å². The van der Waals surface area contributed by atoms with Crippen LogP contribution in [0.1, 0.15) is 5.56 Å². The van der Waals surface area contributed by atoms with Crippen molar-refractivity contribution in [1.82, 2.24) is 14.8 Å². The topological polar surface area (TPSA) is 109 Å². The van der Waals surface area contributed by atoms with Crippen LogP contribution in [0.15, 0.2) is 53.7 Å². The Balaban J connectivity index is 1.99. The molecule has 2 heterocycles. The van der Waals surface area contributed by atoms with Gasteiger partial charge in [-0.3, -0.25) is 0 Å². The van der Waals surface area contributed by atoms with Gasteiger partial charge in [0.1, 0.15) is 0 Å². The van der Waals surface area contributed by atoms with Crippen LogP contribution >= 0.6 is 0 Å². The van der Waals surface area contributed by atoms with Gasteiger partial charge in [-0.25, -0.2) is 13.4 Å². The standard InChI is InChI=1S/C16H12N4O3S/c1-24(22,23)13-6-7-15(18-9-13)20-16(21)14(10-19-20)12-4-2-11(8-17)3-5-12/h2-7,9-10,21H,1H3. The second-order valence-corrected chi connectivity index (χ2v) is 7.12. The van der Waals surface area contributed by atoms with Crippen LogP contribution in [-0.2, 0) is 9.84 Å². The Morgan fingerprint density at radius 2 is 1.83 bits per heavy atom. The van der Waals surface area contributed by atoms with Gasteiger partial charge >= 0.3 is 0 Å². The Hall–Kier alpha value is -3.18. The number of rotatable bonds is 3.